The van der Waals surface area contributed by atoms with Gasteiger partial charge in [0.25, 0.3) is 5.69 Å². The van der Waals surface area contributed by atoms with Crippen LogP contribution in [0.3, 0.4) is 0 Å². The zero-order chi connectivity index (χ0) is 14.2. The molecule has 5 nitrogen and oxygen atoms in total. The van der Waals surface area contributed by atoms with Crippen LogP contribution in [0.4, 0.5) is 11.4 Å². The summed E-state index contributed by atoms with van der Waals surface area (Å²) in [4.78, 5) is 12.4. The van der Waals surface area contributed by atoms with Crippen LogP contribution in [0.25, 0.3) is 0 Å². The van der Waals surface area contributed by atoms with E-state index in [1.807, 2.05) is 13.8 Å². The highest BCUT2D eigenvalue weighted by molar-refractivity contribution is 9.10. The van der Waals surface area contributed by atoms with Gasteiger partial charge in [0, 0.05) is 29.7 Å². The Labute approximate surface area is 124 Å². The minimum Gasteiger partial charge on any atom is -0.372 e. The summed E-state index contributed by atoms with van der Waals surface area (Å²) in [5.41, 5.74) is 0.768. The first-order valence-electron chi connectivity index (χ1n) is 5.92. The predicted molar refractivity (Wildman–Crippen MR) is 78.0 cm³/mol. The van der Waals surface area contributed by atoms with Crippen LogP contribution in [0, 0.1) is 10.1 Å². The number of morpholine rings is 1. The van der Waals surface area contributed by atoms with E-state index in [4.69, 9.17) is 16.3 Å². The molecular formula is C12H14BrClN2O3. The quantitative estimate of drug-likeness (QED) is 0.604. The SMILES string of the molecule is C[C@H]1CN(c2c(Cl)cc([N+](=O)[O-])cc2Br)C[C@H](C)O1. The lowest BCUT2D eigenvalue weighted by molar-refractivity contribution is -0.384. The number of benzene rings is 1. The maximum Gasteiger partial charge on any atom is 0.272 e. The number of hydrogen-bond acceptors (Lipinski definition) is 4. The van der Waals surface area contributed by atoms with Gasteiger partial charge in [0.15, 0.2) is 0 Å². The number of ether oxygens (including phenoxy) is 1. The maximum absolute atomic E-state index is 10.8. The van der Waals surface area contributed by atoms with Crippen LogP contribution in [0.1, 0.15) is 13.8 Å². The van der Waals surface area contributed by atoms with Crippen LogP contribution in [0.5, 0.6) is 0 Å². The topological polar surface area (TPSA) is 55.6 Å². The number of hydrogen-bond donors (Lipinski definition) is 0. The molecule has 0 saturated carbocycles. The summed E-state index contributed by atoms with van der Waals surface area (Å²) in [5.74, 6) is 0. The summed E-state index contributed by atoms with van der Waals surface area (Å²) >= 11 is 9.56. The van der Waals surface area contributed by atoms with Gasteiger partial charge in [-0.3, -0.25) is 10.1 Å². The fourth-order valence-corrected chi connectivity index (χ4v) is 3.47. The Morgan fingerprint density at radius 1 is 1.42 bits per heavy atom. The van der Waals surface area contributed by atoms with Crippen LogP contribution in [-0.2, 0) is 4.74 Å². The molecule has 1 aliphatic rings. The van der Waals surface area contributed by atoms with Crippen molar-refractivity contribution in [2.75, 3.05) is 18.0 Å². The number of anilines is 1. The number of rotatable bonds is 2. The Balaban J connectivity index is 2.37. The minimum absolute atomic E-state index is 0.0185. The Morgan fingerprint density at radius 3 is 2.47 bits per heavy atom. The number of nitrogens with zero attached hydrogens (tertiary/aromatic N) is 2. The Morgan fingerprint density at radius 2 is 2.00 bits per heavy atom. The van der Waals surface area contributed by atoms with Crippen molar-refractivity contribution in [2.45, 2.75) is 26.1 Å². The summed E-state index contributed by atoms with van der Waals surface area (Å²) in [7, 11) is 0. The largest absolute Gasteiger partial charge is 0.372 e. The van der Waals surface area contributed by atoms with E-state index in [0.717, 1.165) is 5.69 Å². The molecule has 0 bridgehead atoms. The lowest BCUT2D eigenvalue weighted by atomic mass is 10.2. The number of non-ortho nitro benzene ring substituents is 1. The van der Waals surface area contributed by atoms with Gasteiger partial charge in [-0.15, -0.1) is 0 Å². The van der Waals surface area contributed by atoms with Gasteiger partial charge in [0.1, 0.15) is 0 Å². The lowest BCUT2D eigenvalue weighted by Gasteiger charge is -2.37. The highest BCUT2D eigenvalue weighted by atomic mass is 79.9. The highest BCUT2D eigenvalue weighted by Crippen LogP contribution is 2.38. The van der Waals surface area contributed by atoms with Crippen molar-refractivity contribution >= 4 is 38.9 Å². The molecule has 2 atom stereocenters. The molecule has 0 aromatic heterocycles. The van der Waals surface area contributed by atoms with Crippen LogP contribution in [-0.4, -0.2) is 30.2 Å². The molecule has 1 heterocycles. The molecule has 1 aromatic carbocycles. The first kappa shape index (κ1) is 14.6. The second-order valence-electron chi connectivity index (χ2n) is 4.68. The van der Waals surface area contributed by atoms with Crippen molar-refractivity contribution in [3.05, 3.63) is 31.7 Å². The van der Waals surface area contributed by atoms with E-state index in [-0.39, 0.29) is 17.9 Å². The van der Waals surface area contributed by atoms with E-state index in [2.05, 4.69) is 20.8 Å². The summed E-state index contributed by atoms with van der Waals surface area (Å²) < 4.78 is 6.30. The smallest absolute Gasteiger partial charge is 0.272 e. The van der Waals surface area contributed by atoms with E-state index in [9.17, 15) is 10.1 Å². The zero-order valence-corrected chi connectivity index (χ0v) is 12.9. The Kier molecular flexibility index (Phi) is 4.32. The maximum atomic E-state index is 10.8. The van der Waals surface area contributed by atoms with Crippen molar-refractivity contribution in [1.29, 1.82) is 0 Å². The molecule has 104 valence electrons. The van der Waals surface area contributed by atoms with Gasteiger partial charge in [0.05, 0.1) is 27.8 Å². The van der Waals surface area contributed by atoms with Gasteiger partial charge in [-0.1, -0.05) is 11.6 Å². The zero-order valence-electron chi connectivity index (χ0n) is 10.6. The fourth-order valence-electron chi connectivity index (χ4n) is 2.32. The highest BCUT2D eigenvalue weighted by Gasteiger charge is 2.26. The molecule has 1 aromatic rings. The van der Waals surface area contributed by atoms with Gasteiger partial charge in [-0.2, -0.15) is 0 Å². The van der Waals surface area contributed by atoms with E-state index in [1.54, 1.807) is 0 Å². The average molecular weight is 350 g/mol. The van der Waals surface area contributed by atoms with E-state index in [0.29, 0.717) is 22.6 Å². The molecule has 19 heavy (non-hydrogen) atoms. The minimum atomic E-state index is -0.453. The third-order valence-electron chi connectivity index (χ3n) is 2.95. The Bertz CT molecular complexity index is 479. The van der Waals surface area contributed by atoms with E-state index < -0.39 is 4.92 Å². The van der Waals surface area contributed by atoms with Crippen molar-refractivity contribution in [3.63, 3.8) is 0 Å². The van der Waals surface area contributed by atoms with Crippen LogP contribution in [0.2, 0.25) is 5.02 Å². The fraction of sp³-hybridized carbons (Fsp3) is 0.500. The monoisotopic (exact) mass is 348 g/mol. The second kappa shape index (κ2) is 5.64. The van der Waals surface area contributed by atoms with Gasteiger partial charge in [0.2, 0.25) is 0 Å². The molecule has 7 heteroatoms. The number of nitro groups is 1. The summed E-state index contributed by atoms with van der Waals surface area (Å²) in [5, 5.41) is 11.2. The molecule has 0 amide bonds. The number of halogens is 2. The second-order valence-corrected chi connectivity index (χ2v) is 5.94. The molecule has 1 aliphatic heterocycles. The summed E-state index contributed by atoms with van der Waals surface area (Å²) in [6.07, 6.45) is 0.198. The first-order chi connectivity index (χ1) is 8.88. The van der Waals surface area contributed by atoms with Crippen molar-refractivity contribution < 1.29 is 9.66 Å². The molecule has 0 aliphatic carbocycles. The average Bonchev–Trinajstić information content (AvgIpc) is 2.26. The lowest BCUT2D eigenvalue weighted by Crippen LogP contribution is -2.45. The third kappa shape index (κ3) is 3.19. The number of nitro benzene ring substituents is 1. The Hall–Kier alpha value is -0.850. The molecule has 0 N–H and O–H groups in total. The van der Waals surface area contributed by atoms with Crippen molar-refractivity contribution in [1.82, 2.24) is 0 Å². The van der Waals surface area contributed by atoms with Gasteiger partial charge in [-0.05, 0) is 29.8 Å². The van der Waals surface area contributed by atoms with Crippen molar-refractivity contribution in [2.24, 2.45) is 0 Å². The molecule has 0 unspecified atom stereocenters. The van der Waals surface area contributed by atoms with Crippen LogP contribution in [0.15, 0.2) is 16.6 Å². The van der Waals surface area contributed by atoms with Gasteiger partial charge >= 0.3 is 0 Å². The first-order valence-corrected chi connectivity index (χ1v) is 7.09. The molecule has 1 fully saturated rings. The predicted octanol–water partition coefficient (Wildman–Crippen LogP) is 3.62. The normalized spacial score (nSPS) is 23.5. The molecular weight excluding hydrogens is 336 g/mol. The summed E-state index contributed by atoms with van der Waals surface area (Å²) in [6.45, 7) is 5.41. The van der Waals surface area contributed by atoms with Gasteiger partial charge in [-0.25, -0.2) is 0 Å². The van der Waals surface area contributed by atoms with E-state index in [1.165, 1.54) is 12.1 Å². The molecule has 0 radical (unpaired) electrons. The van der Waals surface area contributed by atoms with Gasteiger partial charge < -0.3 is 9.64 Å². The van der Waals surface area contributed by atoms with Crippen molar-refractivity contribution in [3.8, 4) is 0 Å². The third-order valence-corrected chi connectivity index (χ3v) is 3.84. The summed E-state index contributed by atoms with van der Waals surface area (Å²) in [6, 6.07) is 2.86. The standard InChI is InChI=1S/C12H14BrClN2O3/c1-7-5-15(6-8(2)19-7)12-10(13)3-9(16(17)18)4-11(12)14/h3-4,7-8H,5-6H2,1-2H3/t7-,8-/m0/s1. The van der Waals surface area contributed by atoms with Crippen LogP contribution < -0.4 is 4.90 Å². The van der Waals surface area contributed by atoms with Crippen LogP contribution >= 0.6 is 27.5 Å². The molecule has 1 saturated heterocycles. The molecule has 0 spiro atoms. The molecule has 2 rings (SSSR count). The van der Waals surface area contributed by atoms with E-state index >= 15 is 0 Å².